The molecule has 0 saturated carbocycles. The first kappa shape index (κ1) is 19.0. The molecule has 1 unspecified atom stereocenters. The van der Waals surface area contributed by atoms with Crippen molar-refractivity contribution < 1.29 is 14.3 Å². The predicted molar refractivity (Wildman–Crippen MR) is 110 cm³/mol. The van der Waals surface area contributed by atoms with E-state index in [9.17, 15) is 9.59 Å². The van der Waals surface area contributed by atoms with E-state index in [1.807, 2.05) is 30.3 Å². The highest BCUT2D eigenvalue weighted by atomic mass is 32.2. The number of aromatic nitrogens is 3. The summed E-state index contributed by atoms with van der Waals surface area (Å²) in [6.45, 7) is 0. The van der Waals surface area contributed by atoms with E-state index in [2.05, 4.69) is 20.7 Å². The summed E-state index contributed by atoms with van der Waals surface area (Å²) in [7, 11) is 1.56. The van der Waals surface area contributed by atoms with Crippen LogP contribution in [0.2, 0.25) is 0 Å². The molecule has 0 spiro atoms. The fraction of sp³-hybridized carbons (Fsp3) is 0.200. The molecule has 2 aromatic carbocycles. The standard InChI is InChI=1S/C20H19N5O3S/c1-28-15-9-5-8-14(10-15)21-17(26)11-16-18(27)22-19-23-20(24-25(16)19)29-12-13-6-3-2-4-7-13/h2-10,16H,11-12H2,1H3,(H,21,26)(H,22,23,24,27). The van der Waals surface area contributed by atoms with E-state index >= 15 is 0 Å². The molecule has 0 radical (unpaired) electrons. The maximum absolute atomic E-state index is 12.4. The Kier molecular flexibility index (Phi) is 5.48. The van der Waals surface area contributed by atoms with Crippen molar-refractivity contribution in [3.05, 3.63) is 60.2 Å². The first-order chi connectivity index (χ1) is 14.1. The van der Waals surface area contributed by atoms with Gasteiger partial charge in [-0.1, -0.05) is 48.2 Å². The number of ether oxygens (including phenoxy) is 1. The lowest BCUT2D eigenvalue weighted by atomic mass is 10.2. The first-order valence-electron chi connectivity index (χ1n) is 9.00. The number of benzene rings is 2. The molecule has 0 bridgehead atoms. The van der Waals surface area contributed by atoms with E-state index in [0.29, 0.717) is 22.5 Å². The third-order valence-corrected chi connectivity index (χ3v) is 5.30. The number of hydrogen-bond donors (Lipinski definition) is 2. The first-order valence-corrected chi connectivity index (χ1v) is 9.99. The van der Waals surface area contributed by atoms with Crippen molar-refractivity contribution in [1.29, 1.82) is 0 Å². The molecule has 2 amide bonds. The second-order valence-electron chi connectivity index (χ2n) is 6.43. The summed E-state index contributed by atoms with van der Waals surface area (Å²) in [6.07, 6.45) is -0.0395. The Morgan fingerprint density at radius 1 is 1.24 bits per heavy atom. The van der Waals surface area contributed by atoms with Crippen LogP contribution < -0.4 is 15.4 Å². The molecule has 1 aromatic heterocycles. The number of thioether (sulfide) groups is 1. The van der Waals surface area contributed by atoms with E-state index in [0.717, 1.165) is 11.3 Å². The van der Waals surface area contributed by atoms with E-state index < -0.39 is 6.04 Å². The van der Waals surface area contributed by atoms with Gasteiger partial charge in [0.1, 0.15) is 11.8 Å². The van der Waals surface area contributed by atoms with Gasteiger partial charge in [0.25, 0.3) is 5.91 Å². The second kappa shape index (κ2) is 8.36. The molecular formula is C20H19N5O3S. The minimum absolute atomic E-state index is 0.0395. The van der Waals surface area contributed by atoms with Gasteiger partial charge in [-0.15, -0.1) is 5.10 Å². The molecule has 2 N–H and O–H groups in total. The van der Waals surface area contributed by atoms with Crippen molar-refractivity contribution in [3.8, 4) is 5.75 Å². The van der Waals surface area contributed by atoms with Crippen molar-refractivity contribution >= 4 is 35.2 Å². The summed E-state index contributed by atoms with van der Waals surface area (Å²) in [5.74, 6) is 1.14. The molecule has 148 valence electrons. The van der Waals surface area contributed by atoms with Crippen LogP contribution in [0.1, 0.15) is 18.0 Å². The Bertz CT molecular complexity index is 1040. The number of carbonyl (C=O) groups is 2. The van der Waals surface area contributed by atoms with Crippen LogP contribution in [0.3, 0.4) is 0 Å². The topological polar surface area (TPSA) is 98.1 Å². The van der Waals surface area contributed by atoms with Gasteiger partial charge in [-0.25, -0.2) is 4.68 Å². The van der Waals surface area contributed by atoms with Crippen LogP contribution in [0, 0.1) is 0 Å². The van der Waals surface area contributed by atoms with Crippen molar-refractivity contribution in [2.75, 3.05) is 17.7 Å². The Balaban J connectivity index is 1.41. The summed E-state index contributed by atoms with van der Waals surface area (Å²) in [6, 6.07) is 16.3. The third kappa shape index (κ3) is 4.40. The van der Waals surface area contributed by atoms with Crippen molar-refractivity contribution in [1.82, 2.24) is 14.8 Å². The monoisotopic (exact) mass is 409 g/mol. The molecule has 0 saturated heterocycles. The van der Waals surface area contributed by atoms with E-state index in [4.69, 9.17) is 4.74 Å². The van der Waals surface area contributed by atoms with E-state index in [-0.39, 0.29) is 18.2 Å². The molecule has 3 aromatic rings. The van der Waals surface area contributed by atoms with Gasteiger partial charge in [0, 0.05) is 17.5 Å². The summed E-state index contributed by atoms with van der Waals surface area (Å²) in [5.41, 5.74) is 1.76. The van der Waals surface area contributed by atoms with E-state index in [1.165, 1.54) is 16.4 Å². The van der Waals surface area contributed by atoms with Gasteiger partial charge in [-0.05, 0) is 17.7 Å². The lowest BCUT2D eigenvalue weighted by molar-refractivity contribution is -0.123. The van der Waals surface area contributed by atoms with Crippen LogP contribution in [0.25, 0.3) is 0 Å². The average molecular weight is 409 g/mol. The number of nitrogens with zero attached hydrogens (tertiary/aromatic N) is 3. The maximum Gasteiger partial charge on any atom is 0.252 e. The van der Waals surface area contributed by atoms with Gasteiger partial charge in [0.15, 0.2) is 0 Å². The molecular weight excluding hydrogens is 390 g/mol. The summed E-state index contributed by atoms with van der Waals surface area (Å²) >= 11 is 1.48. The van der Waals surface area contributed by atoms with Gasteiger partial charge in [0.2, 0.25) is 17.0 Å². The molecule has 0 aliphatic carbocycles. The fourth-order valence-electron chi connectivity index (χ4n) is 2.96. The third-order valence-electron chi connectivity index (χ3n) is 4.39. The SMILES string of the molecule is COc1cccc(NC(=O)CC2C(=O)Nc3nc(SCc4ccccc4)nn32)c1. The normalized spacial score (nSPS) is 14.9. The summed E-state index contributed by atoms with van der Waals surface area (Å²) in [4.78, 5) is 29.0. The summed E-state index contributed by atoms with van der Waals surface area (Å²) < 4.78 is 6.64. The Labute approximate surface area is 171 Å². The van der Waals surface area contributed by atoms with Crippen LogP contribution in [0.5, 0.6) is 5.75 Å². The molecule has 1 atom stereocenters. The van der Waals surface area contributed by atoms with Crippen LogP contribution in [-0.4, -0.2) is 33.7 Å². The Morgan fingerprint density at radius 3 is 2.86 bits per heavy atom. The number of rotatable bonds is 7. The molecule has 8 nitrogen and oxygen atoms in total. The average Bonchev–Trinajstić information content (AvgIpc) is 3.25. The molecule has 29 heavy (non-hydrogen) atoms. The van der Waals surface area contributed by atoms with Gasteiger partial charge in [-0.3, -0.25) is 14.9 Å². The fourth-order valence-corrected chi connectivity index (χ4v) is 3.75. The number of carbonyl (C=O) groups excluding carboxylic acids is 2. The molecule has 0 fully saturated rings. The number of methoxy groups -OCH3 is 1. The number of anilines is 2. The largest absolute Gasteiger partial charge is 0.497 e. The maximum atomic E-state index is 12.4. The predicted octanol–water partition coefficient (Wildman–Crippen LogP) is 3.10. The number of fused-ring (bicyclic) bond motifs is 1. The number of amides is 2. The minimum Gasteiger partial charge on any atom is -0.497 e. The zero-order valence-corrected chi connectivity index (χ0v) is 16.5. The highest BCUT2D eigenvalue weighted by Gasteiger charge is 2.35. The van der Waals surface area contributed by atoms with Crippen molar-refractivity contribution in [2.45, 2.75) is 23.4 Å². The van der Waals surface area contributed by atoms with E-state index in [1.54, 1.807) is 31.4 Å². The zero-order chi connectivity index (χ0) is 20.2. The van der Waals surface area contributed by atoms with Gasteiger partial charge >= 0.3 is 0 Å². The molecule has 9 heteroatoms. The highest BCUT2D eigenvalue weighted by molar-refractivity contribution is 7.98. The molecule has 1 aliphatic heterocycles. The molecule has 2 heterocycles. The number of hydrogen-bond acceptors (Lipinski definition) is 6. The van der Waals surface area contributed by atoms with Crippen LogP contribution in [-0.2, 0) is 15.3 Å². The van der Waals surface area contributed by atoms with Crippen molar-refractivity contribution in [2.24, 2.45) is 0 Å². The lowest BCUT2D eigenvalue weighted by Crippen LogP contribution is -2.23. The smallest absolute Gasteiger partial charge is 0.252 e. The van der Waals surface area contributed by atoms with Crippen molar-refractivity contribution in [3.63, 3.8) is 0 Å². The second-order valence-corrected chi connectivity index (χ2v) is 7.37. The van der Waals surface area contributed by atoms with Gasteiger partial charge < -0.3 is 10.1 Å². The zero-order valence-electron chi connectivity index (χ0n) is 15.7. The summed E-state index contributed by atoms with van der Waals surface area (Å²) in [5, 5.41) is 10.4. The quantitative estimate of drug-likeness (QED) is 0.582. The molecule has 4 rings (SSSR count). The Hall–Kier alpha value is -3.33. The minimum atomic E-state index is -0.728. The van der Waals surface area contributed by atoms with Crippen LogP contribution >= 0.6 is 11.8 Å². The molecule has 1 aliphatic rings. The van der Waals surface area contributed by atoms with Gasteiger partial charge in [0.05, 0.1) is 13.5 Å². The van der Waals surface area contributed by atoms with Gasteiger partial charge in [-0.2, -0.15) is 4.98 Å². The Morgan fingerprint density at radius 2 is 2.07 bits per heavy atom. The number of nitrogens with one attached hydrogen (secondary N) is 2. The lowest BCUT2D eigenvalue weighted by Gasteiger charge is -2.10. The van der Waals surface area contributed by atoms with Crippen LogP contribution in [0.4, 0.5) is 11.6 Å². The van der Waals surface area contributed by atoms with Crippen LogP contribution in [0.15, 0.2) is 59.8 Å². The highest BCUT2D eigenvalue weighted by Crippen LogP contribution is 2.29.